The Kier molecular flexibility index (Phi) is 32.6. The summed E-state index contributed by atoms with van der Waals surface area (Å²) >= 11 is 17.9. The molecule has 2 aliphatic rings. The molecule has 0 amide bonds. The van der Waals surface area contributed by atoms with Gasteiger partial charge < -0.3 is 52.5 Å². The van der Waals surface area contributed by atoms with Crippen molar-refractivity contribution in [3.05, 3.63) is 240 Å². The molecule has 12 aromatic rings. The first-order chi connectivity index (χ1) is 60.4. The Labute approximate surface area is 735 Å². The van der Waals surface area contributed by atoms with Gasteiger partial charge >= 0.3 is 54.2 Å². The lowest BCUT2D eigenvalue weighted by atomic mass is 10.1. The number of fused-ring (bicyclic) bond motifs is 3. The number of halogens is 12. The van der Waals surface area contributed by atoms with Crippen molar-refractivity contribution in [3.63, 3.8) is 0 Å². The summed E-state index contributed by atoms with van der Waals surface area (Å²) in [4.78, 5) is 105. The third-order valence-corrected chi connectivity index (χ3v) is 20.4. The molecule has 6 aromatic heterocycles. The van der Waals surface area contributed by atoms with Crippen molar-refractivity contribution in [2.75, 3.05) is 45.9 Å². The van der Waals surface area contributed by atoms with Crippen molar-refractivity contribution in [1.29, 1.82) is 0 Å². The predicted molar refractivity (Wildman–Crippen MR) is 448 cm³/mol. The minimum absolute atomic E-state index is 0.00215. The Morgan fingerprint density at radius 3 is 1.12 bits per heavy atom. The number of hydrogen-bond donors (Lipinski definition) is 2. The molecule has 33 nitrogen and oxygen atoms in total. The highest BCUT2D eigenvalue weighted by molar-refractivity contribution is 7.86. The molecule has 128 heavy (non-hydrogen) atoms. The minimum Gasteiger partial charge on any atom is -0.425 e. The number of carbonyl (C=O) groups excluding carboxylic acids is 1. The number of nitrogens with zero attached hydrogens (tertiary/aromatic N) is 11. The summed E-state index contributed by atoms with van der Waals surface area (Å²) in [6, 6.07) is 34.6. The van der Waals surface area contributed by atoms with Gasteiger partial charge in [0.2, 0.25) is 0 Å². The van der Waals surface area contributed by atoms with Crippen LogP contribution in [0.1, 0.15) is 82.9 Å². The molecule has 2 fully saturated rings. The van der Waals surface area contributed by atoms with Crippen LogP contribution in [0.2, 0.25) is 15.1 Å². The van der Waals surface area contributed by atoms with Gasteiger partial charge in [-0.25, -0.2) is 14.4 Å². The Bertz CT molecular complexity index is 6400. The smallest absolute Gasteiger partial charge is 0.425 e. The molecule has 0 aliphatic carbocycles. The number of aryl methyl sites for hydroxylation is 3. The van der Waals surface area contributed by atoms with Gasteiger partial charge in [-0.2, -0.15) is 23.4 Å². The van der Waals surface area contributed by atoms with E-state index in [1.165, 1.54) is 75.8 Å². The molecule has 46 heteroatoms. The number of rotatable bonds is 28. The maximum absolute atomic E-state index is 13.8. The van der Waals surface area contributed by atoms with E-state index in [9.17, 15) is 81.5 Å². The van der Waals surface area contributed by atoms with E-state index in [4.69, 9.17) is 73.1 Å². The number of carbonyl (C=O) groups is 1. The summed E-state index contributed by atoms with van der Waals surface area (Å²) in [5, 5.41) is 9.09. The highest BCUT2D eigenvalue weighted by atomic mass is 35.5. The monoisotopic (exact) mass is 1880 g/mol. The van der Waals surface area contributed by atoms with Gasteiger partial charge in [0.05, 0.1) is 58.9 Å². The predicted octanol–water partition coefficient (Wildman–Crippen LogP) is 13.8. The number of imidazole rings is 3. The second kappa shape index (κ2) is 42.4. The van der Waals surface area contributed by atoms with Crippen LogP contribution in [0.15, 0.2) is 174 Å². The lowest BCUT2D eigenvalue weighted by Crippen LogP contribution is -2.42. The fraction of sp³-hybridized carbons (Fsp3) is 0.366. The fourth-order valence-electron chi connectivity index (χ4n) is 12.9. The highest BCUT2D eigenvalue weighted by Crippen LogP contribution is 2.36. The van der Waals surface area contributed by atoms with E-state index in [2.05, 4.69) is 38.3 Å². The van der Waals surface area contributed by atoms with Crippen molar-refractivity contribution in [1.82, 2.24) is 56.5 Å². The van der Waals surface area contributed by atoms with Gasteiger partial charge in [-0.3, -0.25) is 64.9 Å². The second-order valence-electron chi connectivity index (χ2n) is 28.0. The number of aromatic amines is 1. The standard InChI is InChI=1S/C27H26ClF3N4O6.C25H22ClF3N4O5.C20H14ClF3N4O4.C8H16O5S.C2H6O/c1-3-26(38-13-14-39-26)11-12-34-23(36)21-22(33(2)25(34)37)32-24(35(21)16-17-7-9-18(28)10-8-17)40-19-5-4-6-20(15-19)41-27(29,30)31;1-3-17(34)11-12-32-22(35)20-21(31(2)24(32)36)30-23(33(20)14-15-7-9-16(26)10-8-15)37-18-5-4-6-19(13-18)38-25(27,28)29;1-27-16-15(17(29)26-18(27)30)28(10-11-5-7-12(21)8-6-11)19(25-16)31-13-3-2-4-14(9-13)32-20(22,23)24;1-3-8(11-6-7-12-8)4-5-13-14(2,9)10;1-2-3/h4-10,15H,3,11-14,16H2,1-2H3;4-10,13H,3,11-12,14H2,1-2H3;2-9H,10H2,1H3,(H,26,29,30);3-7H2,1-2H3;3H,2H2,1H3. The van der Waals surface area contributed by atoms with E-state index in [0.29, 0.717) is 66.3 Å². The van der Waals surface area contributed by atoms with Gasteiger partial charge in [0, 0.05) is 99.8 Å². The number of alkyl halides is 9. The van der Waals surface area contributed by atoms with Gasteiger partial charge in [-0.05, 0) is 109 Å². The van der Waals surface area contributed by atoms with E-state index >= 15 is 0 Å². The van der Waals surface area contributed by atoms with E-state index in [1.807, 2.05) is 13.8 Å². The average Bonchev–Trinajstić information content (AvgIpc) is 1.48. The third kappa shape index (κ3) is 26.2. The number of aliphatic hydroxyl groups excluding tert-OH is 1. The van der Waals surface area contributed by atoms with Crippen LogP contribution in [0, 0.1) is 0 Å². The first-order valence-electron chi connectivity index (χ1n) is 38.9. The lowest BCUT2D eigenvalue weighted by molar-refractivity contribution is -0.275. The van der Waals surface area contributed by atoms with Crippen LogP contribution in [-0.2, 0) is 91.9 Å². The molecule has 0 unspecified atom stereocenters. The van der Waals surface area contributed by atoms with E-state index < -0.39 is 91.8 Å². The Morgan fingerprint density at radius 1 is 0.477 bits per heavy atom. The number of ether oxygens (including phenoxy) is 10. The summed E-state index contributed by atoms with van der Waals surface area (Å²) in [6.07, 6.45) is -11.4. The van der Waals surface area contributed by atoms with Crippen LogP contribution >= 0.6 is 34.8 Å². The van der Waals surface area contributed by atoms with Crippen LogP contribution < -0.4 is 62.2 Å². The zero-order chi connectivity index (χ0) is 93.4. The van der Waals surface area contributed by atoms with Crippen LogP contribution in [0.25, 0.3) is 33.5 Å². The number of benzene rings is 6. The summed E-state index contributed by atoms with van der Waals surface area (Å²) in [5.41, 5.74) is -1.53. The van der Waals surface area contributed by atoms with Crippen molar-refractivity contribution in [2.45, 2.75) is 130 Å². The molecule has 2 aliphatic heterocycles. The van der Waals surface area contributed by atoms with Crippen LogP contribution in [0.4, 0.5) is 39.5 Å². The number of aromatic nitrogens is 12. The topological polar surface area (TPSA) is 369 Å². The number of ketones is 1. The molecule has 2 N–H and O–H groups in total. The number of aliphatic hydroxyl groups is 1. The first kappa shape index (κ1) is 98.4. The molecule has 0 bridgehead atoms. The van der Waals surface area contributed by atoms with Crippen LogP contribution in [0.3, 0.4) is 0 Å². The van der Waals surface area contributed by atoms with Gasteiger partial charge in [0.25, 0.3) is 26.8 Å². The molecular weight excluding hydrogens is 1800 g/mol. The SMILES string of the molecule is CCC(=O)CCn1c(=O)c2c(nc(Oc3cccc(OC(F)(F)F)c3)n2Cc2ccc(Cl)cc2)n(C)c1=O.CCC1(CCOS(C)(=O)=O)OCCO1.CCC1(CCn2c(=O)c3c(nc(Oc4cccc(OC(F)(F)F)c4)n3Cc3ccc(Cl)cc3)n(C)c2=O)OCCO1.CCO.Cn1c(=O)[nH]c(=O)c2c1nc(Oc1cccc(OC(F)(F)F)c1)n2Cc1ccc(Cl)cc1. The van der Waals surface area contributed by atoms with E-state index in [0.717, 1.165) is 72.0 Å². The Hall–Kier alpha value is -11.8. The maximum Gasteiger partial charge on any atom is 0.573 e. The number of Topliss-reactive ketones (excluding diaryl/α,β-unsaturated/α-hetero) is 1. The molecule has 8 heterocycles. The van der Waals surface area contributed by atoms with Gasteiger partial charge in [-0.15, -0.1) is 39.5 Å². The Balaban J connectivity index is 0.000000184. The molecule has 0 atom stereocenters. The average molecular weight is 1880 g/mol. The van der Waals surface area contributed by atoms with Gasteiger partial charge in [0.15, 0.2) is 45.1 Å². The number of hydrogen-bond acceptors (Lipinski definition) is 24. The van der Waals surface area contributed by atoms with Crippen LogP contribution in [0.5, 0.6) is 52.5 Å². The molecule has 6 aromatic carbocycles. The second-order valence-corrected chi connectivity index (χ2v) is 31.0. The molecule has 0 saturated carbocycles. The summed E-state index contributed by atoms with van der Waals surface area (Å²) in [5.74, 6) is -3.20. The third-order valence-electron chi connectivity index (χ3n) is 19.1. The van der Waals surface area contributed by atoms with E-state index in [1.54, 1.807) is 86.6 Å². The maximum atomic E-state index is 13.8. The van der Waals surface area contributed by atoms with Gasteiger partial charge in [-0.1, -0.05) is 110 Å². The zero-order valence-electron chi connectivity index (χ0n) is 69.4. The Morgan fingerprint density at radius 2 is 0.797 bits per heavy atom. The number of nitrogens with one attached hydrogen (secondary N) is 1. The van der Waals surface area contributed by atoms with Crippen molar-refractivity contribution < 1.29 is 109 Å². The fourth-order valence-corrected chi connectivity index (χ4v) is 13.7. The normalized spacial score (nSPS) is 13.6. The molecule has 2 saturated heterocycles. The largest absolute Gasteiger partial charge is 0.573 e. The molecule has 14 rings (SSSR count). The first-order valence-corrected chi connectivity index (χ1v) is 41.9. The number of H-pyrrole nitrogens is 1. The summed E-state index contributed by atoms with van der Waals surface area (Å²) in [7, 11) is 0.949. The molecule has 0 spiro atoms. The van der Waals surface area contributed by atoms with Crippen LogP contribution in [-0.4, -0.2) is 152 Å². The van der Waals surface area contributed by atoms with Gasteiger partial charge in [0.1, 0.15) is 40.3 Å². The molecule has 0 radical (unpaired) electrons. The summed E-state index contributed by atoms with van der Waals surface area (Å²) < 4.78 is 201. The highest BCUT2D eigenvalue weighted by Gasteiger charge is 2.38. The van der Waals surface area contributed by atoms with Crippen molar-refractivity contribution >= 4 is 84.2 Å². The minimum atomic E-state index is -4.90. The molecule has 688 valence electrons. The van der Waals surface area contributed by atoms with E-state index in [-0.39, 0.29) is 140 Å². The lowest BCUT2D eigenvalue weighted by Gasteiger charge is -2.26. The molecular formula is C82H84Cl3F9N12O21S. The zero-order valence-corrected chi connectivity index (χ0v) is 72.4. The quantitative estimate of drug-likeness (QED) is 0.0340. The van der Waals surface area contributed by atoms with Crippen molar-refractivity contribution in [2.24, 2.45) is 21.1 Å². The van der Waals surface area contributed by atoms with Crippen molar-refractivity contribution in [3.8, 4) is 52.5 Å². The summed E-state index contributed by atoms with van der Waals surface area (Å²) in [6.45, 7) is 9.68.